The van der Waals surface area contributed by atoms with E-state index in [4.69, 9.17) is 4.42 Å². The Hall–Kier alpha value is -3.69. The zero-order valence-corrected chi connectivity index (χ0v) is 18.8. The molecule has 33 heavy (non-hydrogen) atoms. The number of carbonyl (C=O) groups is 1. The number of para-hydroxylation sites is 1. The van der Waals surface area contributed by atoms with E-state index in [0.717, 1.165) is 0 Å². The van der Waals surface area contributed by atoms with Crippen molar-refractivity contribution in [1.82, 2.24) is 9.29 Å². The number of hydrogen-bond acceptors (Lipinski definition) is 4. The van der Waals surface area contributed by atoms with Gasteiger partial charge >= 0.3 is 0 Å². The summed E-state index contributed by atoms with van der Waals surface area (Å²) in [4.78, 5) is 13.0. The number of anilines is 1. The Labute approximate surface area is 190 Å². The molecule has 4 rings (SSSR count). The molecule has 0 aliphatic carbocycles. The molecule has 0 bridgehead atoms. The molecular weight excluding hydrogens is 445 g/mol. The second-order valence-corrected chi connectivity index (χ2v) is 9.22. The first kappa shape index (κ1) is 22.5. The maximum absolute atomic E-state index is 14.3. The van der Waals surface area contributed by atoms with E-state index in [2.05, 4.69) is 10.0 Å². The average molecular weight is 468 g/mol. The first-order chi connectivity index (χ1) is 15.8. The fourth-order valence-electron chi connectivity index (χ4n) is 3.60. The third kappa shape index (κ3) is 4.74. The van der Waals surface area contributed by atoms with Gasteiger partial charge in [0.25, 0.3) is 5.91 Å². The van der Waals surface area contributed by atoms with Crippen LogP contribution >= 0.6 is 0 Å². The molecule has 0 spiro atoms. The zero-order chi connectivity index (χ0) is 23.6. The molecule has 1 amide bonds. The topological polar surface area (TPSA) is 93.3 Å². The molecule has 0 radical (unpaired) electrons. The van der Waals surface area contributed by atoms with Gasteiger partial charge in [-0.25, -0.2) is 17.5 Å². The molecule has 0 saturated carbocycles. The Morgan fingerprint density at radius 3 is 2.55 bits per heavy atom. The van der Waals surface area contributed by atoms with E-state index < -0.39 is 21.7 Å². The molecule has 0 unspecified atom stereocenters. The summed E-state index contributed by atoms with van der Waals surface area (Å²) in [6.45, 7) is 3.52. The predicted octanol–water partition coefficient (Wildman–Crippen LogP) is 4.56. The number of nitrogens with one attached hydrogen (secondary N) is 2. The van der Waals surface area contributed by atoms with Gasteiger partial charge in [0.05, 0.1) is 29.0 Å². The van der Waals surface area contributed by atoms with Gasteiger partial charge in [0.2, 0.25) is 10.0 Å². The van der Waals surface area contributed by atoms with E-state index >= 15 is 0 Å². The standard InChI is InChI=1S/C24H22FN3O4S/c1-16-13-21(17(2)28(16)23-11-4-3-10-22(23)25)24(29)27-18-7-5-9-20(14-18)33(30,31)26-15-19-8-6-12-32-19/h3-14,26H,15H2,1-2H3,(H,27,29). The Balaban J connectivity index is 1.55. The van der Waals surface area contributed by atoms with Crippen molar-refractivity contribution in [3.05, 3.63) is 102 Å². The predicted molar refractivity (Wildman–Crippen MR) is 122 cm³/mol. The Bertz CT molecular complexity index is 1410. The number of amides is 1. The van der Waals surface area contributed by atoms with Crippen LogP contribution in [0.25, 0.3) is 5.69 Å². The van der Waals surface area contributed by atoms with Gasteiger partial charge in [-0.2, -0.15) is 0 Å². The molecule has 0 atom stereocenters. The van der Waals surface area contributed by atoms with E-state index in [1.54, 1.807) is 66.9 Å². The molecule has 2 aromatic carbocycles. The molecule has 7 nitrogen and oxygen atoms in total. The van der Waals surface area contributed by atoms with Gasteiger partial charge in [0.1, 0.15) is 11.6 Å². The first-order valence-corrected chi connectivity index (χ1v) is 11.6. The lowest BCUT2D eigenvalue weighted by Gasteiger charge is -2.11. The Kier molecular flexibility index (Phi) is 6.17. The number of hydrogen-bond donors (Lipinski definition) is 2. The number of halogens is 1. The largest absolute Gasteiger partial charge is 0.468 e. The number of carbonyl (C=O) groups excluding carboxylic acids is 1. The van der Waals surface area contributed by atoms with Crippen LogP contribution in [0.2, 0.25) is 0 Å². The van der Waals surface area contributed by atoms with Crippen molar-refractivity contribution in [1.29, 1.82) is 0 Å². The summed E-state index contributed by atoms with van der Waals surface area (Å²) in [5.41, 5.74) is 2.29. The van der Waals surface area contributed by atoms with E-state index in [-0.39, 0.29) is 11.4 Å². The fraction of sp³-hybridized carbons (Fsp3) is 0.125. The van der Waals surface area contributed by atoms with Gasteiger partial charge in [0, 0.05) is 17.1 Å². The second kappa shape index (κ2) is 9.05. The molecule has 0 fully saturated rings. The highest BCUT2D eigenvalue weighted by atomic mass is 32.2. The van der Waals surface area contributed by atoms with Crippen molar-refractivity contribution in [3.8, 4) is 5.69 Å². The van der Waals surface area contributed by atoms with Crippen LogP contribution in [0.3, 0.4) is 0 Å². The van der Waals surface area contributed by atoms with E-state index in [1.807, 2.05) is 0 Å². The van der Waals surface area contributed by atoms with E-state index in [0.29, 0.717) is 34.1 Å². The molecule has 9 heteroatoms. The number of rotatable bonds is 7. The fourth-order valence-corrected chi connectivity index (χ4v) is 4.64. The highest BCUT2D eigenvalue weighted by Crippen LogP contribution is 2.24. The van der Waals surface area contributed by atoms with Gasteiger partial charge in [-0.05, 0) is 62.4 Å². The lowest BCUT2D eigenvalue weighted by Crippen LogP contribution is -2.23. The van der Waals surface area contributed by atoms with Crippen molar-refractivity contribution in [3.63, 3.8) is 0 Å². The van der Waals surface area contributed by atoms with E-state index in [1.165, 1.54) is 24.5 Å². The third-order valence-corrected chi connectivity index (χ3v) is 6.59. The minimum Gasteiger partial charge on any atom is -0.468 e. The highest BCUT2D eigenvalue weighted by Gasteiger charge is 2.20. The lowest BCUT2D eigenvalue weighted by molar-refractivity contribution is 0.102. The number of nitrogens with zero attached hydrogens (tertiary/aromatic N) is 1. The smallest absolute Gasteiger partial charge is 0.257 e. The zero-order valence-electron chi connectivity index (χ0n) is 18.0. The normalized spacial score (nSPS) is 11.5. The Morgan fingerprint density at radius 1 is 1.03 bits per heavy atom. The number of benzene rings is 2. The summed E-state index contributed by atoms with van der Waals surface area (Å²) in [6, 6.07) is 17.3. The summed E-state index contributed by atoms with van der Waals surface area (Å²) in [7, 11) is -3.82. The van der Waals surface area contributed by atoms with Crippen molar-refractivity contribution in [2.75, 3.05) is 5.32 Å². The van der Waals surface area contributed by atoms with Crippen molar-refractivity contribution >= 4 is 21.6 Å². The van der Waals surface area contributed by atoms with E-state index in [9.17, 15) is 17.6 Å². The molecule has 0 aliphatic heterocycles. The van der Waals surface area contributed by atoms with Crippen LogP contribution in [0, 0.1) is 19.7 Å². The van der Waals surface area contributed by atoms with Crippen LogP contribution in [0.1, 0.15) is 27.5 Å². The van der Waals surface area contributed by atoms with Gasteiger partial charge in [-0.1, -0.05) is 18.2 Å². The van der Waals surface area contributed by atoms with Crippen molar-refractivity contribution in [2.24, 2.45) is 0 Å². The molecule has 0 aliphatic rings. The minimum absolute atomic E-state index is 0.00341. The SMILES string of the molecule is Cc1cc(C(=O)Nc2cccc(S(=O)(=O)NCc3ccco3)c2)c(C)n1-c1ccccc1F. The number of aryl methyl sites for hydroxylation is 1. The molecule has 4 aromatic rings. The third-order valence-electron chi connectivity index (χ3n) is 5.19. The van der Waals surface area contributed by atoms with Crippen LogP contribution in [0.4, 0.5) is 10.1 Å². The molecule has 2 heterocycles. The molecular formula is C24H22FN3O4S. The summed E-state index contributed by atoms with van der Waals surface area (Å²) in [5, 5.41) is 2.73. The second-order valence-electron chi connectivity index (χ2n) is 7.46. The number of aromatic nitrogens is 1. The molecule has 170 valence electrons. The number of furan rings is 1. The van der Waals surface area contributed by atoms with Gasteiger partial charge in [0.15, 0.2) is 0 Å². The summed E-state index contributed by atoms with van der Waals surface area (Å²) in [6.07, 6.45) is 1.46. The van der Waals surface area contributed by atoms with Gasteiger partial charge < -0.3 is 14.3 Å². The number of sulfonamides is 1. The molecule has 2 aromatic heterocycles. The molecule has 2 N–H and O–H groups in total. The Morgan fingerprint density at radius 2 is 1.82 bits per heavy atom. The van der Waals surface area contributed by atoms with Crippen LogP contribution in [-0.2, 0) is 16.6 Å². The average Bonchev–Trinajstić information content (AvgIpc) is 3.41. The maximum atomic E-state index is 14.3. The summed E-state index contributed by atoms with van der Waals surface area (Å²) in [5.74, 6) is -0.344. The van der Waals surface area contributed by atoms with Crippen molar-refractivity contribution in [2.45, 2.75) is 25.3 Å². The lowest BCUT2D eigenvalue weighted by atomic mass is 10.2. The highest BCUT2D eigenvalue weighted by molar-refractivity contribution is 7.89. The van der Waals surface area contributed by atoms with Crippen LogP contribution < -0.4 is 10.0 Å². The van der Waals surface area contributed by atoms with Gasteiger partial charge in [-0.3, -0.25) is 4.79 Å². The maximum Gasteiger partial charge on any atom is 0.257 e. The first-order valence-electron chi connectivity index (χ1n) is 10.1. The van der Waals surface area contributed by atoms with Crippen LogP contribution in [0.15, 0.2) is 82.3 Å². The monoisotopic (exact) mass is 467 g/mol. The van der Waals surface area contributed by atoms with Crippen molar-refractivity contribution < 1.29 is 22.0 Å². The quantitative estimate of drug-likeness (QED) is 0.417. The van der Waals surface area contributed by atoms with Gasteiger partial charge in [-0.15, -0.1) is 0 Å². The minimum atomic E-state index is -3.82. The summed E-state index contributed by atoms with van der Waals surface area (Å²) >= 11 is 0. The van der Waals surface area contributed by atoms with Crippen LogP contribution in [0.5, 0.6) is 0 Å². The molecule has 0 saturated heterocycles. The summed E-state index contributed by atoms with van der Waals surface area (Å²) < 4.78 is 48.8. The van der Waals surface area contributed by atoms with Crippen LogP contribution in [-0.4, -0.2) is 18.9 Å².